The van der Waals surface area contributed by atoms with Gasteiger partial charge in [-0.1, -0.05) is 68.7 Å². The molecule has 0 atom stereocenters. The van der Waals surface area contributed by atoms with Gasteiger partial charge in [0, 0.05) is 0 Å². The molecule has 0 bridgehead atoms. The molecule has 0 fully saturated rings. The van der Waals surface area contributed by atoms with Gasteiger partial charge < -0.3 is 0 Å². The van der Waals surface area contributed by atoms with E-state index < -0.39 is 0 Å². The molecule has 0 aliphatic carbocycles. The van der Waals surface area contributed by atoms with Crippen molar-refractivity contribution in [3.05, 3.63) is 71.1 Å². The predicted molar refractivity (Wildman–Crippen MR) is 105 cm³/mol. The Kier molecular flexibility index (Phi) is 9.37. The van der Waals surface area contributed by atoms with Crippen molar-refractivity contribution in [2.75, 3.05) is 0 Å². The summed E-state index contributed by atoms with van der Waals surface area (Å²) in [7, 11) is 0. The van der Waals surface area contributed by atoms with Gasteiger partial charge in [-0.25, -0.2) is 4.39 Å². The first-order valence-corrected chi connectivity index (χ1v) is 9.25. The predicted octanol–water partition coefficient (Wildman–Crippen LogP) is 7.34. The molecule has 0 amide bonds. The second-order valence-corrected chi connectivity index (χ2v) is 6.79. The van der Waals surface area contributed by atoms with Gasteiger partial charge in [0.25, 0.3) is 0 Å². The van der Waals surface area contributed by atoms with Gasteiger partial charge in [-0.05, 0) is 68.7 Å². The molecule has 132 valence electrons. The fourth-order valence-electron chi connectivity index (χ4n) is 3.01. The number of aryl methyl sites for hydroxylation is 2. The lowest BCUT2D eigenvalue weighted by Gasteiger charge is -2.15. The largest absolute Gasteiger partial charge is 0.207 e. The third kappa shape index (κ3) is 7.29. The summed E-state index contributed by atoms with van der Waals surface area (Å²) in [6, 6.07) is 5.04. The lowest BCUT2D eigenvalue weighted by Crippen LogP contribution is -2.01. The summed E-state index contributed by atoms with van der Waals surface area (Å²) >= 11 is 0. The minimum Gasteiger partial charge on any atom is -0.207 e. The molecule has 0 N–H and O–H groups in total. The number of hydrogen-bond donors (Lipinski definition) is 0. The van der Waals surface area contributed by atoms with E-state index >= 15 is 0 Å². The second kappa shape index (κ2) is 11.0. The summed E-state index contributed by atoms with van der Waals surface area (Å²) in [5, 5.41) is 0. The highest BCUT2D eigenvalue weighted by Gasteiger charge is 2.07. The van der Waals surface area contributed by atoms with Gasteiger partial charge in [-0.3, -0.25) is 0 Å². The van der Waals surface area contributed by atoms with Crippen molar-refractivity contribution in [2.24, 2.45) is 5.92 Å². The van der Waals surface area contributed by atoms with E-state index in [4.69, 9.17) is 0 Å². The molecule has 1 aromatic rings. The SMILES string of the molecule is C=C(/C=C\C=C(/C)CCc1cc(F)ccc1C)C(CCC)CCC. The molecule has 0 nitrogen and oxygen atoms in total. The molecule has 0 saturated carbocycles. The highest BCUT2D eigenvalue weighted by Crippen LogP contribution is 2.22. The van der Waals surface area contributed by atoms with Crippen molar-refractivity contribution in [1.82, 2.24) is 0 Å². The zero-order chi connectivity index (χ0) is 17.9. The van der Waals surface area contributed by atoms with Crippen LogP contribution in [0.3, 0.4) is 0 Å². The Balaban J connectivity index is 2.56. The molecule has 0 radical (unpaired) electrons. The Hall–Kier alpha value is -1.63. The van der Waals surface area contributed by atoms with E-state index in [9.17, 15) is 4.39 Å². The van der Waals surface area contributed by atoms with Gasteiger partial charge in [0.05, 0.1) is 0 Å². The van der Waals surface area contributed by atoms with Gasteiger partial charge >= 0.3 is 0 Å². The van der Waals surface area contributed by atoms with E-state index in [0.29, 0.717) is 5.92 Å². The molecule has 24 heavy (non-hydrogen) atoms. The Morgan fingerprint density at radius 2 is 1.88 bits per heavy atom. The highest BCUT2D eigenvalue weighted by molar-refractivity contribution is 5.28. The van der Waals surface area contributed by atoms with Crippen LogP contribution in [0, 0.1) is 18.7 Å². The highest BCUT2D eigenvalue weighted by atomic mass is 19.1. The van der Waals surface area contributed by atoms with Crippen LogP contribution in [0.25, 0.3) is 0 Å². The topological polar surface area (TPSA) is 0 Å². The quantitative estimate of drug-likeness (QED) is 0.394. The number of benzene rings is 1. The molecule has 0 saturated heterocycles. The average molecular weight is 329 g/mol. The zero-order valence-corrected chi connectivity index (χ0v) is 15.9. The summed E-state index contributed by atoms with van der Waals surface area (Å²) in [6.07, 6.45) is 13.1. The number of allylic oxidation sites excluding steroid dienone is 5. The molecular formula is C23H33F. The van der Waals surface area contributed by atoms with Crippen LogP contribution in [0.2, 0.25) is 0 Å². The van der Waals surface area contributed by atoms with Crippen LogP contribution >= 0.6 is 0 Å². The first-order valence-electron chi connectivity index (χ1n) is 9.25. The lowest BCUT2D eigenvalue weighted by atomic mass is 9.91. The zero-order valence-electron chi connectivity index (χ0n) is 15.9. The Labute approximate surface area is 148 Å². The lowest BCUT2D eigenvalue weighted by molar-refractivity contribution is 0.514. The minimum atomic E-state index is -0.147. The molecular weight excluding hydrogens is 295 g/mol. The number of halogens is 1. The molecule has 0 aliphatic heterocycles. The minimum absolute atomic E-state index is 0.147. The summed E-state index contributed by atoms with van der Waals surface area (Å²) in [5.74, 6) is 0.464. The average Bonchev–Trinajstić information content (AvgIpc) is 2.55. The summed E-state index contributed by atoms with van der Waals surface area (Å²) < 4.78 is 13.3. The van der Waals surface area contributed by atoms with Crippen LogP contribution in [-0.2, 0) is 6.42 Å². The smallest absolute Gasteiger partial charge is 0.123 e. The number of hydrogen-bond acceptors (Lipinski definition) is 0. The van der Waals surface area contributed by atoms with E-state index in [2.05, 4.69) is 45.6 Å². The van der Waals surface area contributed by atoms with Gasteiger partial charge in [0.1, 0.15) is 5.82 Å². The first kappa shape index (κ1) is 20.4. The maximum Gasteiger partial charge on any atom is 0.123 e. The van der Waals surface area contributed by atoms with Crippen LogP contribution in [0.15, 0.2) is 54.2 Å². The van der Waals surface area contributed by atoms with Crippen LogP contribution in [0.4, 0.5) is 4.39 Å². The molecule has 0 unspecified atom stereocenters. The monoisotopic (exact) mass is 328 g/mol. The molecule has 1 aromatic carbocycles. The molecule has 0 aromatic heterocycles. The summed E-state index contributed by atoms with van der Waals surface area (Å²) in [4.78, 5) is 0. The van der Waals surface area contributed by atoms with Gasteiger partial charge in [-0.2, -0.15) is 0 Å². The first-order chi connectivity index (χ1) is 11.5. The third-order valence-electron chi connectivity index (χ3n) is 4.59. The Bertz CT molecular complexity index is 572. The third-order valence-corrected chi connectivity index (χ3v) is 4.59. The van der Waals surface area contributed by atoms with Crippen molar-refractivity contribution in [3.8, 4) is 0 Å². The van der Waals surface area contributed by atoms with Gasteiger partial charge in [-0.15, -0.1) is 0 Å². The fourth-order valence-corrected chi connectivity index (χ4v) is 3.01. The van der Waals surface area contributed by atoms with E-state index in [1.807, 2.05) is 13.0 Å². The molecule has 0 aliphatic rings. The van der Waals surface area contributed by atoms with Crippen molar-refractivity contribution in [3.63, 3.8) is 0 Å². The van der Waals surface area contributed by atoms with Gasteiger partial charge in [0.2, 0.25) is 0 Å². The number of rotatable bonds is 10. The van der Waals surface area contributed by atoms with E-state index in [1.54, 1.807) is 6.07 Å². The summed E-state index contributed by atoms with van der Waals surface area (Å²) in [5.41, 5.74) is 4.81. The Morgan fingerprint density at radius 1 is 1.21 bits per heavy atom. The maximum absolute atomic E-state index is 13.3. The maximum atomic E-state index is 13.3. The van der Waals surface area contributed by atoms with Gasteiger partial charge in [0.15, 0.2) is 0 Å². The van der Waals surface area contributed by atoms with E-state index in [0.717, 1.165) is 24.0 Å². The molecule has 0 spiro atoms. The standard InChI is InChI=1S/C23H33F/c1-6-9-21(10-7-2)19(4)12-8-11-18(3)13-15-22-17-23(24)16-14-20(22)5/h8,11-12,14,16-17,21H,4,6-7,9-10,13,15H2,1-3,5H3/b12-8-,18-11+. The Morgan fingerprint density at radius 3 is 2.50 bits per heavy atom. The van der Waals surface area contributed by atoms with Crippen molar-refractivity contribution >= 4 is 0 Å². The van der Waals surface area contributed by atoms with Crippen LogP contribution < -0.4 is 0 Å². The van der Waals surface area contributed by atoms with Crippen LogP contribution in [0.5, 0.6) is 0 Å². The van der Waals surface area contributed by atoms with Crippen molar-refractivity contribution in [1.29, 1.82) is 0 Å². The van der Waals surface area contributed by atoms with Crippen LogP contribution in [0.1, 0.15) is 64.0 Å². The van der Waals surface area contributed by atoms with Crippen LogP contribution in [-0.4, -0.2) is 0 Å². The molecule has 1 heteroatoms. The fraction of sp³-hybridized carbons (Fsp3) is 0.478. The summed E-state index contributed by atoms with van der Waals surface area (Å²) in [6.45, 7) is 12.9. The molecule has 1 rings (SSSR count). The van der Waals surface area contributed by atoms with Crippen molar-refractivity contribution < 1.29 is 4.39 Å². The second-order valence-electron chi connectivity index (χ2n) is 6.79. The normalized spacial score (nSPS) is 12.3. The van der Waals surface area contributed by atoms with E-state index in [-0.39, 0.29) is 5.82 Å². The van der Waals surface area contributed by atoms with Crippen molar-refractivity contribution in [2.45, 2.75) is 66.2 Å². The molecule has 0 heterocycles. The van der Waals surface area contributed by atoms with E-state index in [1.165, 1.54) is 42.9 Å².